The summed E-state index contributed by atoms with van der Waals surface area (Å²) in [5.74, 6) is 2.20. The van der Waals surface area contributed by atoms with Crippen molar-refractivity contribution in [2.24, 2.45) is 10.9 Å². The summed E-state index contributed by atoms with van der Waals surface area (Å²) in [7, 11) is -0.942. The van der Waals surface area contributed by atoms with E-state index in [1.807, 2.05) is 37.3 Å². The molecule has 1 saturated heterocycles. The van der Waals surface area contributed by atoms with E-state index in [9.17, 15) is 17.4 Å². The van der Waals surface area contributed by atoms with Crippen LogP contribution >= 0.6 is 0 Å². The molecule has 30 heavy (non-hydrogen) atoms. The van der Waals surface area contributed by atoms with Crippen LogP contribution in [0.15, 0.2) is 35.3 Å². The number of rotatable bonds is 10. The number of hydrogen-bond acceptors (Lipinski definition) is 3. The summed E-state index contributed by atoms with van der Waals surface area (Å²) in [4.78, 5) is 6.06. The number of guanidine groups is 1. The van der Waals surface area contributed by atoms with Crippen molar-refractivity contribution in [1.82, 2.24) is 15.5 Å². The van der Waals surface area contributed by atoms with Crippen LogP contribution in [0.25, 0.3) is 0 Å². The van der Waals surface area contributed by atoms with Crippen LogP contribution in [0.5, 0.6) is 0 Å². The number of aliphatic imine (C=N–C) groups is 1. The van der Waals surface area contributed by atoms with Crippen molar-refractivity contribution in [2.45, 2.75) is 38.1 Å². The summed E-state index contributed by atoms with van der Waals surface area (Å²) in [5, 5.41) is 6.40. The Hall–Kier alpha value is -1.61. The second-order valence-corrected chi connectivity index (χ2v) is 9.16. The molecule has 0 aromatic heterocycles. The maximum absolute atomic E-state index is 12.5. The lowest BCUT2D eigenvalue weighted by Gasteiger charge is -2.32. The number of nitrogens with zero attached hydrogens (tertiary/aromatic N) is 2. The Morgan fingerprint density at radius 2 is 1.90 bits per heavy atom. The number of benzene rings is 1. The molecule has 1 aliphatic heterocycles. The zero-order valence-electron chi connectivity index (χ0n) is 17.6. The first-order valence-corrected chi connectivity index (χ1v) is 12.0. The molecule has 0 radical (unpaired) electrons. The van der Waals surface area contributed by atoms with E-state index in [1.165, 1.54) is 4.90 Å². The normalized spacial score (nSPS) is 17.7. The average molecular weight is 447 g/mol. The van der Waals surface area contributed by atoms with Crippen molar-refractivity contribution in [2.75, 3.05) is 45.0 Å². The summed E-state index contributed by atoms with van der Waals surface area (Å²) >= 11 is 0. The van der Waals surface area contributed by atoms with E-state index in [0.717, 1.165) is 31.4 Å². The molecule has 0 aliphatic carbocycles. The van der Waals surface area contributed by atoms with Gasteiger partial charge < -0.3 is 10.6 Å². The van der Waals surface area contributed by atoms with Crippen LogP contribution in [-0.2, 0) is 16.6 Å². The Labute approximate surface area is 180 Å². The number of halogens is 3. The second-order valence-electron chi connectivity index (χ2n) is 7.58. The van der Waals surface area contributed by atoms with Crippen molar-refractivity contribution in [3.63, 3.8) is 0 Å². The Balaban J connectivity index is 1.66. The molecule has 2 rings (SSSR count). The maximum Gasteiger partial charge on any atom is 0.401 e. The minimum absolute atomic E-state index is 0.416. The van der Waals surface area contributed by atoms with Crippen LogP contribution in [0.2, 0.25) is 0 Å². The van der Waals surface area contributed by atoms with Gasteiger partial charge in [0.2, 0.25) is 0 Å². The van der Waals surface area contributed by atoms with Crippen LogP contribution in [0, 0.1) is 5.92 Å². The van der Waals surface area contributed by atoms with Crippen molar-refractivity contribution in [3.8, 4) is 0 Å². The molecule has 1 heterocycles. The zero-order valence-corrected chi connectivity index (χ0v) is 18.4. The highest BCUT2D eigenvalue weighted by Crippen LogP contribution is 2.24. The van der Waals surface area contributed by atoms with Gasteiger partial charge in [-0.25, -0.2) is 0 Å². The molecule has 1 aromatic carbocycles. The number of nitrogens with one attached hydrogen (secondary N) is 2. The second kappa shape index (κ2) is 12.9. The highest BCUT2D eigenvalue weighted by atomic mass is 32.2. The third-order valence-electron chi connectivity index (χ3n) is 5.05. The van der Waals surface area contributed by atoms with Crippen LogP contribution < -0.4 is 10.6 Å². The molecule has 9 heteroatoms. The number of piperidine rings is 1. The summed E-state index contributed by atoms with van der Waals surface area (Å²) in [6, 6.07) is 9.79. The maximum atomic E-state index is 12.5. The number of alkyl halides is 3. The molecule has 5 nitrogen and oxygen atoms in total. The van der Waals surface area contributed by atoms with Gasteiger partial charge in [-0.3, -0.25) is 14.1 Å². The lowest BCUT2D eigenvalue weighted by molar-refractivity contribution is -0.148. The molecular formula is C21H33F3N4OS. The van der Waals surface area contributed by atoms with E-state index in [-0.39, 0.29) is 0 Å². The Kier molecular flexibility index (Phi) is 10.6. The molecule has 2 N–H and O–H groups in total. The summed E-state index contributed by atoms with van der Waals surface area (Å²) in [6.45, 7) is 4.11. The zero-order chi connectivity index (χ0) is 21.8. The molecule has 1 fully saturated rings. The van der Waals surface area contributed by atoms with Gasteiger partial charge in [-0.2, -0.15) is 13.2 Å². The molecule has 1 aromatic rings. The summed E-state index contributed by atoms with van der Waals surface area (Å²) < 4.78 is 49.6. The van der Waals surface area contributed by atoms with Crippen LogP contribution in [0.1, 0.15) is 31.7 Å². The van der Waals surface area contributed by atoms with Gasteiger partial charge in [0, 0.05) is 41.9 Å². The molecule has 1 unspecified atom stereocenters. The fourth-order valence-electron chi connectivity index (χ4n) is 3.50. The fraction of sp³-hybridized carbons (Fsp3) is 0.667. The predicted octanol–water partition coefficient (Wildman–Crippen LogP) is 3.15. The van der Waals surface area contributed by atoms with Gasteiger partial charge in [0.15, 0.2) is 5.96 Å². The van der Waals surface area contributed by atoms with Crippen molar-refractivity contribution in [3.05, 3.63) is 35.9 Å². The molecule has 1 atom stereocenters. The van der Waals surface area contributed by atoms with E-state index < -0.39 is 23.5 Å². The lowest BCUT2D eigenvalue weighted by atomic mass is 9.93. The standard InChI is InChI=1S/C21H33F3N4OS/c1-2-25-20(27-12-15-30(29)16-19-6-4-3-5-7-19)26-11-8-18-9-13-28(14-10-18)17-21(22,23)24/h3-7,18H,2,8-17H2,1H3,(H2,25,26,27). The Morgan fingerprint density at radius 3 is 2.53 bits per heavy atom. The molecule has 0 bridgehead atoms. The van der Waals surface area contributed by atoms with E-state index in [1.54, 1.807) is 0 Å². The molecule has 0 amide bonds. The first kappa shape index (κ1) is 24.7. The highest BCUT2D eigenvalue weighted by molar-refractivity contribution is 7.84. The SMILES string of the molecule is CCNC(=NCCC1CCN(CC(F)(F)F)CC1)NCCS(=O)Cc1ccccc1. The predicted molar refractivity (Wildman–Crippen MR) is 117 cm³/mol. The molecular weight excluding hydrogens is 413 g/mol. The van der Waals surface area contributed by atoms with Gasteiger partial charge in [0.25, 0.3) is 0 Å². The Bertz CT molecular complexity index is 662. The largest absolute Gasteiger partial charge is 0.401 e. The number of likely N-dealkylation sites (tertiary alicyclic amines) is 1. The minimum atomic E-state index is -4.12. The van der Waals surface area contributed by atoms with E-state index >= 15 is 0 Å². The highest BCUT2D eigenvalue weighted by Gasteiger charge is 2.32. The van der Waals surface area contributed by atoms with Gasteiger partial charge in [0.1, 0.15) is 0 Å². The van der Waals surface area contributed by atoms with E-state index in [2.05, 4.69) is 15.6 Å². The molecule has 170 valence electrons. The minimum Gasteiger partial charge on any atom is -0.357 e. The van der Waals surface area contributed by atoms with Gasteiger partial charge in [-0.15, -0.1) is 0 Å². The molecule has 1 aliphatic rings. The van der Waals surface area contributed by atoms with Crippen molar-refractivity contribution in [1.29, 1.82) is 0 Å². The smallest absolute Gasteiger partial charge is 0.357 e. The third kappa shape index (κ3) is 10.4. The van der Waals surface area contributed by atoms with Gasteiger partial charge in [-0.1, -0.05) is 30.3 Å². The van der Waals surface area contributed by atoms with Crippen LogP contribution in [-0.4, -0.2) is 66.3 Å². The first-order valence-electron chi connectivity index (χ1n) is 10.6. The summed E-state index contributed by atoms with van der Waals surface area (Å²) in [6.07, 6.45) is -1.67. The van der Waals surface area contributed by atoms with Gasteiger partial charge >= 0.3 is 6.18 Å². The monoisotopic (exact) mass is 446 g/mol. The lowest BCUT2D eigenvalue weighted by Crippen LogP contribution is -2.40. The van der Waals surface area contributed by atoms with E-state index in [4.69, 9.17) is 0 Å². The van der Waals surface area contributed by atoms with Crippen molar-refractivity contribution >= 4 is 16.8 Å². The third-order valence-corrected chi connectivity index (χ3v) is 6.37. The number of hydrogen-bond donors (Lipinski definition) is 2. The topological polar surface area (TPSA) is 56.7 Å². The van der Waals surface area contributed by atoms with Crippen molar-refractivity contribution < 1.29 is 17.4 Å². The summed E-state index contributed by atoms with van der Waals surface area (Å²) in [5.41, 5.74) is 1.07. The Morgan fingerprint density at radius 1 is 1.20 bits per heavy atom. The van der Waals surface area contributed by atoms with Gasteiger partial charge in [0.05, 0.1) is 6.54 Å². The quantitative estimate of drug-likeness (QED) is 0.428. The van der Waals surface area contributed by atoms with Crippen LogP contribution in [0.4, 0.5) is 13.2 Å². The van der Waals surface area contributed by atoms with Gasteiger partial charge in [-0.05, 0) is 50.8 Å². The molecule has 0 spiro atoms. The fourth-order valence-corrected chi connectivity index (χ4v) is 4.54. The first-order chi connectivity index (χ1) is 14.4. The van der Waals surface area contributed by atoms with Crippen LogP contribution in [0.3, 0.4) is 0 Å². The van der Waals surface area contributed by atoms with E-state index in [0.29, 0.717) is 49.6 Å². The average Bonchev–Trinajstić information content (AvgIpc) is 2.69. The molecule has 0 saturated carbocycles.